The van der Waals surface area contributed by atoms with Crippen molar-refractivity contribution in [1.29, 1.82) is 0 Å². The Bertz CT molecular complexity index is 362. The summed E-state index contributed by atoms with van der Waals surface area (Å²) in [7, 11) is 0. The van der Waals surface area contributed by atoms with E-state index < -0.39 is 5.72 Å². The summed E-state index contributed by atoms with van der Waals surface area (Å²) in [6.45, 7) is 12.0. The number of amides is 1. The maximum absolute atomic E-state index is 12.3. The summed E-state index contributed by atoms with van der Waals surface area (Å²) in [4.78, 5) is 13.9. The van der Waals surface area contributed by atoms with Gasteiger partial charge < -0.3 is 9.47 Å². The van der Waals surface area contributed by atoms with Gasteiger partial charge in [0.1, 0.15) is 11.8 Å². The molecule has 0 aromatic carbocycles. The van der Waals surface area contributed by atoms with Crippen molar-refractivity contribution < 1.29 is 15.6 Å². The van der Waals surface area contributed by atoms with Crippen molar-refractivity contribution in [3.8, 4) is 0 Å². The van der Waals surface area contributed by atoms with Crippen LogP contribution >= 0.6 is 0 Å². The van der Waals surface area contributed by atoms with Crippen molar-refractivity contribution >= 4 is 6.09 Å². The van der Waals surface area contributed by atoms with E-state index in [0.29, 0.717) is 6.61 Å². The number of hydrogen-bond donors (Lipinski definition) is 0. The summed E-state index contributed by atoms with van der Waals surface area (Å²) >= 11 is 0. The topological polar surface area (TPSA) is 38.8 Å². The highest BCUT2D eigenvalue weighted by Crippen LogP contribution is 2.48. The fourth-order valence-corrected chi connectivity index (χ4v) is 2.37. The summed E-state index contributed by atoms with van der Waals surface area (Å²) in [5.74, 6) is 0. The van der Waals surface area contributed by atoms with Crippen LogP contribution in [0, 0.1) is 5.41 Å². The molecule has 2 rings (SSSR count). The van der Waals surface area contributed by atoms with Gasteiger partial charge in [-0.1, -0.05) is 13.8 Å². The van der Waals surface area contributed by atoms with E-state index in [1.54, 1.807) is 4.90 Å². The third kappa shape index (κ3) is 2.15. The molecule has 0 radical (unpaired) electrons. The highest BCUT2D eigenvalue weighted by molar-refractivity contribution is 5.70. The molecule has 4 heteroatoms. The third-order valence-corrected chi connectivity index (χ3v) is 3.54. The molecule has 4 nitrogen and oxygen atoms in total. The van der Waals surface area contributed by atoms with Gasteiger partial charge in [-0.25, -0.2) is 4.79 Å². The molecule has 1 aliphatic carbocycles. The number of carbonyl (C=O) groups is 1. The van der Waals surface area contributed by atoms with Crippen LogP contribution in [0.1, 0.15) is 49.3 Å². The largest absolute Gasteiger partial charge is 0.445 e. The van der Waals surface area contributed by atoms with Crippen LogP contribution in [0.25, 0.3) is 0 Å². The van der Waals surface area contributed by atoms with Crippen molar-refractivity contribution in [1.82, 2.24) is 4.90 Å². The van der Waals surface area contributed by atoms with E-state index in [4.69, 9.17) is 10.8 Å². The molecule has 1 aliphatic heterocycles. The first-order chi connectivity index (χ1) is 8.00. The zero-order chi connectivity index (χ0) is 13.9. The van der Waals surface area contributed by atoms with Gasteiger partial charge in [0, 0.05) is 6.79 Å². The summed E-state index contributed by atoms with van der Waals surface area (Å²) in [6, 6.07) is 0. The lowest BCUT2D eigenvalue weighted by molar-refractivity contribution is -0.0544. The molecule has 0 N–H and O–H groups in total. The lowest BCUT2D eigenvalue weighted by Gasteiger charge is -2.36. The Morgan fingerprint density at radius 3 is 2.24 bits per heavy atom. The molecular formula is C13H23NO3. The second-order valence-corrected chi connectivity index (χ2v) is 6.68. The Balaban J connectivity index is 2.09. The Labute approximate surface area is 105 Å². The molecular weight excluding hydrogens is 218 g/mol. The van der Waals surface area contributed by atoms with Crippen LogP contribution in [0.5, 0.6) is 0 Å². The number of nitrogens with zero attached hydrogens (tertiary/aromatic N) is 1. The standard InChI is InChI=1S/C13H23NO3/c1-11(2)7-9(11)17-10(15)14-12(3,4)8-16-13(14,5)6/h9H,7-8H2,1-6H3/t9-/m1/s1/i7D/t7-,9+/m0. The zero-order valence-electron chi connectivity index (χ0n) is 12.5. The molecule has 2 fully saturated rings. The lowest BCUT2D eigenvalue weighted by atomic mass is 10.0. The van der Waals surface area contributed by atoms with E-state index in [-0.39, 0.29) is 29.5 Å². The maximum Gasteiger partial charge on any atom is 0.412 e. The Hall–Kier alpha value is -0.770. The van der Waals surface area contributed by atoms with E-state index >= 15 is 0 Å². The first-order valence-electron chi connectivity index (χ1n) is 6.65. The van der Waals surface area contributed by atoms with Gasteiger partial charge in [0.15, 0.2) is 0 Å². The van der Waals surface area contributed by atoms with Gasteiger partial charge in [0.2, 0.25) is 0 Å². The van der Waals surface area contributed by atoms with Crippen LogP contribution in [0.4, 0.5) is 4.79 Å². The molecule has 0 bridgehead atoms. The van der Waals surface area contributed by atoms with Gasteiger partial charge in [-0.2, -0.15) is 0 Å². The molecule has 17 heavy (non-hydrogen) atoms. The number of carbonyl (C=O) groups excluding carboxylic acids is 1. The normalized spacial score (nSPS) is 37.5. The zero-order valence-corrected chi connectivity index (χ0v) is 11.5. The number of rotatable bonds is 1. The molecule has 0 spiro atoms. The molecule has 2 aliphatic rings. The summed E-state index contributed by atoms with van der Waals surface area (Å²) in [6.07, 6.45) is -1.01. The Morgan fingerprint density at radius 1 is 1.35 bits per heavy atom. The quantitative estimate of drug-likeness (QED) is 0.709. The number of ether oxygens (including phenoxy) is 2. The van der Waals surface area contributed by atoms with Crippen LogP contribution < -0.4 is 0 Å². The first-order valence-corrected chi connectivity index (χ1v) is 6.07. The Morgan fingerprint density at radius 2 is 1.88 bits per heavy atom. The molecule has 1 amide bonds. The van der Waals surface area contributed by atoms with Gasteiger partial charge in [-0.05, 0) is 34.1 Å². The average molecular weight is 242 g/mol. The van der Waals surface area contributed by atoms with E-state index in [9.17, 15) is 4.79 Å². The minimum absolute atomic E-state index is 0.232. The summed E-state index contributed by atoms with van der Waals surface area (Å²) < 4.78 is 18.9. The van der Waals surface area contributed by atoms with Crippen LogP contribution in [0.3, 0.4) is 0 Å². The predicted octanol–water partition coefficient (Wildman–Crippen LogP) is 2.77. The molecule has 0 aromatic rings. The summed E-state index contributed by atoms with van der Waals surface area (Å²) in [5.41, 5.74) is -1.27. The Kier molecular flexibility index (Phi) is 2.25. The second kappa shape index (κ2) is 3.37. The lowest BCUT2D eigenvalue weighted by Crippen LogP contribution is -2.53. The van der Waals surface area contributed by atoms with Crippen molar-refractivity contribution in [2.24, 2.45) is 5.41 Å². The second-order valence-electron chi connectivity index (χ2n) is 6.68. The maximum atomic E-state index is 12.3. The molecule has 1 saturated carbocycles. The molecule has 0 aromatic heterocycles. The van der Waals surface area contributed by atoms with Crippen molar-refractivity contribution in [3.05, 3.63) is 0 Å². The fraction of sp³-hybridized carbons (Fsp3) is 0.923. The summed E-state index contributed by atoms with van der Waals surface area (Å²) in [5, 5.41) is 0. The first kappa shape index (κ1) is 11.3. The third-order valence-electron chi connectivity index (χ3n) is 3.54. The van der Waals surface area contributed by atoms with Crippen LogP contribution in [0.2, 0.25) is 0 Å². The van der Waals surface area contributed by atoms with Crippen LogP contribution in [-0.2, 0) is 9.47 Å². The highest BCUT2D eigenvalue weighted by Gasteiger charge is 2.54. The molecule has 2 atom stereocenters. The monoisotopic (exact) mass is 242 g/mol. The number of hydrogen-bond acceptors (Lipinski definition) is 3. The van der Waals surface area contributed by atoms with Gasteiger partial charge in [0.05, 0.1) is 12.1 Å². The van der Waals surface area contributed by atoms with E-state index in [1.165, 1.54) is 0 Å². The van der Waals surface area contributed by atoms with Crippen molar-refractivity contribution in [2.75, 3.05) is 6.61 Å². The highest BCUT2D eigenvalue weighted by atomic mass is 16.6. The van der Waals surface area contributed by atoms with E-state index in [1.807, 2.05) is 41.5 Å². The predicted molar refractivity (Wildman–Crippen MR) is 64.6 cm³/mol. The molecule has 1 saturated heterocycles. The van der Waals surface area contributed by atoms with E-state index in [2.05, 4.69) is 0 Å². The van der Waals surface area contributed by atoms with Crippen molar-refractivity contribution in [2.45, 2.75) is 65.3 Å². The van der Waals surface area contributed by atoms with Gasteiger partial charge in [-0.3, -0.25) is 4.90 Å². The van der Waals surface area contributed by atoms with Gasteiger partial charge >= 0.3 is 6.09 Å². The smallest absolute Gasteiger partial charge is 0.412 e. The molecule has 98 valence electrons. The molecule has 0 unspecified atom stereocenters. The minimum Gasteiger partial charge on any atom is -0.445 e. The van der Waals surface area contributed by atoms with Crippen LogP contribution in [0.15, 0.2) is 0 Å². The average Bonchev–Trinajstić information content (AvgIpc) is 2.54. The SMILES string of the molecule is [2H][C@H]1[C@@H](OC(=O)N2C(C)(C)COC2(C)C)C1(C)C. The van der Waals surface area contributed by atoms with Crippen molar-refractivity contribution in [3.63, 3.8) is 0 Å². The molecule has 1 heterocycles. The minimum atomic E-state index is -0.656. The van der Waals surface area contributed by atoms with Crippen LogP contribution in [-0.4, -0.2) is 35.0 Å². The van der Waals surface area contributed by atoms with Gasteiger partial charge in [0.25, 0.3) is 0 Å². The van der Waals surface area contributed by atoms with Gasteiger partial charge in [-0.15, -0.1) is 0 Å². The fourth-order valence-electron chi connectivity index (χ4n) is 2.37. The van der Waals surface area contributed by atoms with E-state index in [0.717, 1.165) is 0 Å².